The number of aromatic nitrogens is 1. The van der Waals surface area contributed by atoms with Crippen molar-refractivity contribution in [1.29, 1.82) is 0 Å². The fraction of sp³-hybridized carbons (Fsp3) is 0.0909. The largest absolute Gasteiger partial charge is 0.487 e. The number of carbonyl (C=O) groups is 1. The van der Waals surface area contributed by atoms with Crippen LogP contribution in [0.15, 0.2) is 29.6 Å². The topological polar surface area (TPSA) is 77.2 Å². The average molecular weight is 375 g/mol. The van der Waals surface area contributed by atoms with Crippen LogP contribution in [0, 0.1) is 3.57 Å². The van der Waals surface area contributed by atoms with E-state index in [0.29, 0.717) is 17.3 Å². The molecule has 0 aliphatic heterocycles. The molecule has 1 heterocycles. The van der Waals surface area contributed by atoms with E-state index in [1.807, 2.05) is 29.7 Å². The number of nitrogens with zero attached hydrogens (tertiary/aromatic N) is 1. The van der Waals surface area contributed by atoms with Gasteiger partial charge in [0.2, 0.25) is 0 Å². The third-order valence-electron chi connectivity index (χ3n) is 2.08. The maximum absolute atomic E-state index is 11.2. The van der Waals surface area contributed by atoms with E-state index in [1.54, 1.807) is 5.38 Å². The molecule has 5 nitrogen and oxygen atoms in total. The van der Waals surface area contributed by atoms with Crippen molar-refractivity contribution in [2.24, 2.45) is 5.84 Å². The van der Waals surface area contributed by atoms with Gasteiger partial charge in [0.25, 0.3) is 5.91 Å². The third-order valence-corrected chi connectivity index (χ3v) is 3.69. The van der Waals surface area contributed by atoms with Crippen molar-refractivity contribution >= 4 is 39.8 Å². The van der Waals surface area contributed by atoms with E-state index < -0.39 is 0 Å². The van der Waals surface area contributed by atoms with Crippen molar-refractivity contribution in [1.82, 2.24) is 10.4 Å². The van der Waals surface area contributed by atoms with E-state index in [2.05, 4.69) is 27.6 Å². The van der Waals surface area contributed by atoms with Gasteiger partial charge in [0.15, 0.2) is 5.01 Å². The molecule has 7 heteroatoms. The Morgan fingerprint density at radius 3 is 2.83 bits per heavy atom. The lowest BCUT2D eigenvalue weighted by atomic mass is 10.3. The summed E-state index contributed by atoms with van der Waals surface area (Å²) in [4.78, 5) is 15.3. The molecule has 0 atom stereocenters. The number of hydrogen-bond donors (Lipinski definition) is 2. The van der Waals surface area contributed by atoms with Gasteiger partial charge in [-0.2, -0.15) is 0 Å². The number of thiazole rings is 1. The highest BCUT2D eigenvalue weighted by molar-refractivity contribution is 14.1. The number of rotatable bonds is 4. The molecule has 1 amide bonds. The number of nitrogens with one attached hydrogen (secondary N) is 1. The first-order valence-corrected chi connectivity index (χ1v) is 6.98. The number of nitrogens with two attached hydrogens (primary N) is 1. The highest BCUT2D eigenvalue weighted by atomic mass is 127. The molecule has 1 aromatic heterocycles. The van der Waals surface area contributed by atoms with Crippen molar-refractivity contribution in [3.05, 3.63) is 43.9 Å². The summed E-state index contributed by atoms with van der Waals surface area (Å²) in [5.41, 5.74) is 2.75. The van der Waals surface area contributed by atoms with Gasteiger partial charge in [0, 0.05) is 8.95 Å². The van der Waals surface area contributed by atoms with Crippen LogP contribution in [0.3, 0.4) is 0 Å². The predicted octanol–water partition coefficient (Wildman–Crippen LogP) is 1.93. The molecule has 0 radical (unpaired) electrons. The molecule has 0 unspecified atom stereocenters. The van der Waals surface area contributed by atoms with Crippen LogP contribution in [0.2, 0.25) is 0 Å². The van der Waals surface area contributed by atoms with Gasteiger partial charge in [-0.25, -0.2) is 10.8 Å². The molecule has 18 heavy (non-hydrogen) atoms. The fourth-order valence-corrected chi connectivity index (χ4v) is 2.29. The van der Waals surface area contributed by atoms with E-state index in [-0.39, 0.29) is 5.91 Å². The Kier molecular flexibility index (Phi) is 4.50. The Balaban J connectivity index is 1.96. The van der Waals surface area contributed by atoms with Gasteiger partial charge >= 0.3 is 0 Å². The first-order valence-electron chi connectivity index (χ1n) is 5.03. The number of nitrogen functional groups attached to an aromatic ring is 1. The normalized spacial score (nSPS) is 10.1. The van der Waals surface area contributed by atoms with Gasteiger partial charge in [0.05, 0.1) is 5.69 Å². The van der Waals surface area contributed by atoms with Crippen LogP contribution in [0.25, 0.3) is 0 Å². The zero-order valence-electron chi connectivity index (χ0n) is 9.22. The molecule has 0 aliphatic carbocycles. The van der Waals surface area contributed by atoms with E-state index in [9.17, 15) is 4.79 Å². The molecule has 1 aromatic carbocycles. The number of hydrogen-bond acceptors (Lipinski definition) is 5. The lowest BCUT2D eigenvalue weighted by Gasteiger charge is -2.03. The molecule has 0 saturated carbocycles. The summed E-state index contributed by atoms with van der Waals surface area (Å²) in [6, 6.07) is 7.71. The predicted molar refractivity (Wildman–Crippen MR) is 77.3 cm³/mol. The Labute approximate surface area is 121 Å². The monoisotopic (exact) mass is 375 g/mol. The van der Waals surface area contributed by atoms with Crippen molar-refractivity contribution in [2.75, 3.05) is 0 Å². The summed E-state index contributed by atoms with van der Waals surface area (Å²) in [5, 5.41) is 2.11. The van der Waals surface area contributed by atoms with Gasteiger partial charge in [-0.15, -0.1) is 11.3 Å². The standard InChI is InChI=1S/C11H10IN3O2S/c12-7-1-3-9(4-2-7)17-5-8-6-18-11(14-8)10(16)15-13/h1-4,6H,5,13H2,(H,15,16). The summed E-state index contributed by atoms with van der Waals surface area (Å²) < 4.78 is 6.70. The molecule has 3 N–H and O–H groups in total. The molecule has 2 aromatic rings. The van der Waals surface area contributed by atoms with Gasteiger partial charge in [-0.05, 0) is 46.9 Å². The van der Waals surface area contributed by atoms with Crippen LogP contribution in [0.4, 0.5) is 0 Å². The van der Waals surface area contributed by atoms with Crippen molar-refractivity contribution in [3.8, 4) is 5.75 Å². The minimum atomic E-state index is -0.388. The Morgan fingerprint density at radius 1 is 1.44 bits per heavy atom. The van der Waals surface area contributed by atoms with Gasteiger partial charge in [-0.3, -0.25) is 10.2 Å². The fourth-order valence-electron chi connectivity index (χ4n) is 1.23. The summed E-state index contributed by atoms with van der Waals surface area (Å²) in [6.45, 7) is 0.328. The van der Waals surface area contributed by atoms with Crippen LogP contribution >= 0.6 is 33.9 Å². The summed E-state index contributed by atoms with van der Waals surface area (Å²) in [5.74, 6) is 5.41. The quantitative estimate of drug-likeness (QED) is 0.371. The summed E-state index contributed by atoms with van der Waals surface area (Å²) in [6.07, 6.45) is 0. The van der Waals surface area contributed by atoms with E-state index >= 15 is 0 Å². The molecule has 0 fully saturated rings. The Morgan fingerprint density at radius 2 is 2.17 bits per heavy atom. The van der Waals surface area contributed by atoms with Crippen molar-refractivity contribution in [3.63, 3.8) is 0 Å². The minimum Gasteiger partial charge on any atom is -0.487 e. The average Bonchev–Trinajstić information content (AvgIpc) is 2.86. The minimum absolute atomic E-state index is 0.328. The van der Waals surface area contributed by atoms with E-state index in [1.165, 1.54) is 11.3 Å². The number of hydrazine groups is 1. The first-order chi connectivity index (χ1) is 8.69. The zero-order valence-corrected chi connectivity index (χ0v) is 12.2. The summed E-state index contributed by atoms with van der Waals surface area (Å²) in [7, 11) is 0. The smallest absolute Gasteiger partial charge is 0.294 e. The molecule has 0 saturated heterocycles. The van der Waals surface area contributed by atoms with Crippen molar-refractivity contribution in [2.45, 2.75) is 6.61 Å². The highest BCUT2D eigenvalue weighted by Gasteiger charge is 2.09. The van der Waals surface area contributed by atoms with Gasteiger partial charge < -0.3 is 4.74 Å². The van der Waals surface area contributed by atoms with E-state index in [4.69, 9.17) is 10.6 Å². The third kappa shape index (κ3) is 3.40. The Hall–Kier alpha value is -1.19. The van der Waals surface area contributed by atoms with Crippen LogP contribution in [-0.4, -0.2) is 10.9 Å². The SMILES string of the molecule is NNC(=O)c1nc(COc2ccc(I)cc2)cs1. The number of carbonyl (C=O) groups excluding carboxylic acids is 1. The summed E-state index contributed by atoms with van der Waals surface area (Å²) >= 11 is 3.46. The molecular formula is C11H10IN3O2S. The number of amides is 1. The second-order valence-corrected chi connectivity index (χ2v) is 5.46. The van der Waals surface area contributed by atoms with Crippen LogP contribution in [0.5, 0.6) is 5.75 Å². The maximum atomic E-state index is 11.2. The lowest BCUT2D eigenvalue weighted by molar-refractivity contribution is 0.0953. The lowest BCUT2D eigenvalue weighted by Crippen LogP contribution is -2.29. The molecular weight excluding hydrogens is 365 g/mol. The first kappa shape index (κ1) is 13.2. The maximum Gasteiger partial charge on any atom is 0.294 e. The molecule has 0 spiro atoms. The number of ether oxygens (including phenoxy) is 1. The van der Waals surface area contributed by atoms with Crippen LogP contribution in [0.1, 0.15) is 15.5 Å². The molecule has 0 bridgehead atoms. The Bertz CT molecular complexity index is 541. The van der Waals surface area contributed by atoms with Gasteiger partial charge in [0.1, 0.15) is 12.4 Å². The zero-order chi connectivity index (χ0) is 13.0. The van der Waals surface area contributed by atoms with E-state index in [0.717, 1.165) is 9.32 Å². The van der Waals surface area contributed by atoms with Crippen molar-refractivity contribution < 1.29 is 9.53 Å². The highest BCUT2D eigenvalue weighted by Crippen LogP contribution is 2.16. The second-order valence-electron chi connectivity index (χ2n) is 3.36. The van der Waals surface area contributed by atoms with Crippen LogP contribution < -0.4 is 16.0 Å². The molecule has 94 valence electrons. The van der Waals surface area contributed by atoms with Gasteiger partial charge in [-0.1, -0.05) is 0 Å². The molecule has 2 rings (SSSR count). The number of benzene rings is 1. The molecule has 0 aliphatic rings. The second kappa shape index (κ2) is 6.12. The number of halogens is 1. The van der Waals surface area contributed by atoms with Crippen LogP contribution in [-0.2, 0) is 6.61 Å².